The number of nitriles is 1. The molecule has 0 fully saturated rings. The molecule has 0 spiro atoms. The van der Waals surface area contributed by atoms with Crippen molar-refractivity contribution in [1.29, 1.82) is 5.26 Å². The Morgan fingerprint density at radius 1 is 0.490 bits per heavy atom. The summed E-state index contributed by atoms with van der Waals surface area (Å²) in [6, 6.07) is 111. The Balaban J connectivity index is 0.000000130. The molecule has 102 heavy (non-hydrogen) atoms. The molecule has 0 saturated carbocycles. The second kappa shape index (κ2) is 35.6. The van der Waals surface area contributed by atoms with Gasteiger partial charge in [0.1, 0.15) is 7.14 Å². The molecule has 17 rings (SSSR count). The second-order valence-electron chi connectivity index (χ2n) is 23.8. The molecule has 1 aliphatic heterocycles. The predicted octanol–water partition coefficient (Wildman–Crippen LogP) is 22.5. The van der Waals surface area contributed by atoms with Crippen LogP contribution in [-0.4, -0.2) is 45.3 Å². The Bertz CT molecular complexity index is 5350. The summed E-state index contributed by atoms with van der Waals surface area (Å²) in [4.78, 5) is 8.81. The monoisotopic (exact) mass is 1410 g/mol. The molecule has 5 heterocycles. The number of aryl methyl sites for hydroxylation is 5. The third-order valence-electron chi connectivity index (χ3n) is 16.3. The van der Waals surface area contributed by atoms with Crippen molar-refractivity contribution >= 4 is 116 Å². The van der Waals surface area contributed by atoms with Gasteiger partial charge in [0, 0.05) is 65.5 Å². The van der Waals surface area contributed by atoms with Gasteiger partial charge >= 0.3 is 0 Å². The van der Waals surface area contributed by atoms with E-state index in [-0.39, 0.29) is 0 Å². The highest BCUT2D eigenvalue weighted by Gasteiger charge is 2.25. The Morgan fingerprint density at radius 2 is 0.931 bits per heavy atom. The van der Waals surface area contributed by atoms with Crippen molar-refractivity contribution < 1.29 is 13.0 Å². The molecule has 15 heteroatoms. The zero-order valence-electron chi connectivity index (χ0n) is 58.2. The first-order chi connectivity index (χ1) is 49.5. The number of aromatic amines is 1. The molecule has 0 saturated heterocycles. The lowest BCUT2D eigenvalue weighted by Crippen LogP contribution is -2.14. The molecule has 508 valence electrons. The molecule has 4 aromatic heterocycles. The average Bonchev–Trinajstić information content (AvgIpc) is 1.60. The first-order valence-corrected chi connectivity index (χ1v) is 38.4. The Labute approximate surface area is 606 Å². The molecular formula is C87H79N8O3PS3. The number of sulfone groups is 1. The third-order valence-corrected chi connectivity index (χ3v) is 22.9. The van der Waals surface area contributed by atoms with Crippen molar-refractivity contribution in [2.45, 2.75) is 53.4 Å². The van der Waals surface area contributed by atoms with Crippen LogP contribution in [0, 0.1) is 45.9 Å². The number of allylic oxidation sites excluding steroid dienone is 1. The standard InChI is InChI=1S/C19H15N.C19H17N.C15H12S.C13H13OP.C9H8O2S.C8H7NS.C2H4N4.C2H3N/c1-14-10-12-15(13-11-14)20-18-8-4-2-6-16(18)17-7-3-5-9-19(17)20;1-16-12-14-19(15-13-16)20(17-8-4-2-5-9-17)18-10-6-3-7-11-18;1-11-6-8-12(9-7-11)15-10-13-4-2-3-5-14(13)16-15;1-15(14,12-8-4-2-5-9-12)13-10-6-3-7-11-13;1-7-6-8-4-2-3-5-9(8)12(7,10)11;1-6-9-7-4-2-3-5-8(7)10-6;1-2-3-5-6-4-2;1-2-3/h2-13H,1H3;2-15H,1H3;2-10H,1H3;2-11H,1H3;2-6H,1H3;2-5H,1H3;1H3,(H,3,4,5,6);1H3. The molecule has 0 unspecified atom stereocenters. The summed E-state index contributed by atoms with van der Waals surface area (Å²) in [5.41, 5.74) is 14.3. The SMILES string of the molecule is CC#N.CC1=Cc2ccccc2S1(=O)=O.CP(=O)(c1ccccc1)c1ccccc1.Cc1ccc(-c2cc3ccccc3s2)cc1.Cc1ccc(-n2c3ccccc3c3ccccc32)cc1.Cc1ccc(N(c2ccccc2)c2ccccc2)cc1.Cc1nc2ccccc2s1.Cc1nn[nH]n1. The third kappa shape index (κ3) is 19.1. The number of hydrogen-bond donors (Lipinski definition) is 1. The van der Waals surface area contributed by atoms with E-state index in [1.54, 1.807) is 49.5 Å². The van der Waals surface area contributed by atoms with Gasteiger partial charge in [0.15, 0.2) is 5.82 Å². The number of fused-ring (bicyclic) bond motifs is 6. The predicted molar refractivity (Wildman–Crippen MR) is 431 cm³/mol. The summed E-state index contributed by atoms with van der Waals surface area (Å²) in [6.07, 6.45) is 1.70. The van der Waals surface area contributed by atoms with Crippen molar-refractivity contribution in [3.8, 4) is 22.2 Å². The zero-order valence-corrected chi connectivity index (χ0v) is 61.5. The second-order valence-corrected chi connectivity index (χ2v) is 31.1. The molecule has 0 aliphatic carbocycles. The summed E-state index contributed by atoms with van der Waals surface area (Å²) in [5, 5.41) is 27.0. The first-order valence-electron chi connectivity index (χ1n) is 33.1. The van der Waals surface area contributed by atoms with Gasteiger partial charge < -0.3 is 14.0 Å². The number of nitrogens with one attached hydrogen (secondary N) is 1. The minimum Gasteiger partial charge on any atom is -0.314 e. The molecule has 11 nitrogen and oxygen atoms in total. The number of H-pyrrole nitrogens is 1. The molecule has 0 atom stereocenters. The maximum atomic E-state index is 12.6. The van der Waals surface area contributed by atoms with Gasteiger partial charge in [-0.1, -0.05) is 252 Å². The lowest BCUT2D eigenvalue weighted by Gasteiger charge is -2.25. The molecule has 0 bridgehead atoms. The fraction of sp³-hybridized carbons (Fsp3) is 0.0920. The highest BCUT2D eigenvalue weighted by atomic mass is 32.2. The molecular weight excluding hydrogens is 1330 g/mol. The van der Waals surface area contributed by atoms with E-state index in [1.165, 1.54) is 93.4 Å². The van der Waals surface area contributed by atoms with Crippen LogP contribution in [0.25, 0.3) is 64.3 Å². The highest BCUT2D eigenvalue weighted by molar-refractivity contribution is 7.95. The van der Waals surface area contributed by atoms with Gasteiger partial charge in [0.2, 0.25) is 9.84 Å². The van der Waals surface area contributed by atoms with Gasteiger partial charge in [-0.2, -0.15) is 10.5 Å². The topological polar surface area (TPSA) is 151 Å². The van der Waals surface area contributed by atoms with E-state index in [4.69, 9.17) is 5.26 Å². The summed E-state index contributed by atoms with van der Waals surface area (Å²) in [7, 11) is -5.52. The van der Waals surface area contributed by atoms with Crippen LogP contribution < -0.4 is 15.5 Å². The minimum atomic E-state index is -3.12. The van der Waals surface area contributed by atoms with Gasteiger partial charge in [-0.05, 0) is 162 Å². The van der Waals surface area contributed by atoms with Crippen molar-refractivity contribution in [2.24, 2.45) is 0 Å². The molecule has 12 aromatic carbocycles. The normalized spacial score (nSPS) is 11.4. The van der Waals surface area contributed by atoms with Crippen molar-refractivity contribution in [3.63, 3.8) is 0 Å². The van der Waals surface area contributed by atoms with Crippen molar-refractivity contribution in [2.75, 3.05) is 11.6 Å². The van der Waals surface area contributed by atoms with E-state index in [0.29, 0.717) is 15.6 Å². The van der Waals surface area contributed by atoms with Crippen LogP contribution >= 0.6 is 29.8 Å². The van der Waals surface area contributed by atoms with Gasteiger partial charge in [0.25, 0.3) is 0 Å². The van der Waals surface area contributed by atoms with E-state index in [1.807, 2.05) is 128 Å². The van der Waals surface area contributed by atoms with Gasteiger partial charge in [-0.25, -0.2) is 13.4 Å². The first kappa shape index (κ1) is 73.3. The largest absolute Gasteiger partial charge is 0.314 e. The molecule has 1 N–H and O–H groups in total. The van der Waals surface area contributed by atoms with Crippen LogP contribution in [-0.2, 0) is 14.4 Å². The van der Waals surface area contributed by atoms with Crippen LogP contribution in [0.2, 0.25) is 0 Å². The van der Waals surface area contributed by atoms with Crippen molar-refractivity contribution in [3.05, 3.63) is 360 Å². The number of hydrogen-bond acceptors (Lipinski definition) is 11. The van der Waals surface area contributed by atoms with Crippen LogP contribution in [0.3, 0.4) is 0 Å². The summed E-state index contributed by atoms with van der Waals surface area (Å²) in [5.74, 6) is 0.676. The lowest BCUT2D eigenvalue weighted by molar-refractivity contribution is 0.590. The Kier molecular flexibility index (Phi) is 25.6. The van der Waals surface area contributed by atoms with Crippen LogP contribution in [0.15, 0.2) is 331 Å². The van der Waals surface area contributed by atoms with Crippen molar-refractivity contribution in [1.82, 2.24) is 30.2 Å². The van der Waals surface area contributed by atoms with Crippen LogP contribution in [0.4, 0.5) is 17.1 Å². The summed E-state index contributed by atoms with van der Waals surface area (Å²) >= 11 is 3.60. The average molecular weight is 1410 g/mol. The number of tetrazole rings is 1. The Hall–Kier alpha value is -11.4. The fourth-order valence-corrected chi connectivity index (χ4v) is 16.1. The number of nitrogens with zero attached hydrogens (tertiary/aromatic N) is 7. The minimum absolute atomic E-state index is 0.433. The number of aromatic nitrogens is 6. The van der Waals surface area contributed by atoms with E-state index in [2.05, 4.69) is 262 Å². The molecule has 1 aliphatic rings. The molecule has 16 aromatic rings. The van der Waals surface area contributed by atoms with Crippen LogP contribution in [0.1, 0.15) is 46.9 Å². The summed E-state index contributed by atoms with van der Waals surface area (Å²) in [6.45, 7) is 15.0. The number of thiophene rings is 1. The van der Waals surface area contributed by atoms with Gasteiger partial charge in [0.05, 0.1) is 37.2 Å². The Morgan fingerprint density at radius 3 is 1.42 bits per heavy atom. The highest BCUT2D eigenvalue weighted by Crippen LogP contribution is 2.39. The maximum Gasteiger partial charge on any atom is 0.203 e. The van der Waals surface area contributed by atoms with Gasteiger partial charge in [-0.3, -0.25) is 0 Å². The quantitative estimate of drug-likeness (QED) is 0.154. The van der Waals surface area contributed by atoms with E-state index in [9.17, 15) is 13.0 Å². The van der Waals surface area contributed by atoms with E-state index < -0.39 is 17.0 Å². The zero-order chi connectivity index (χ0) is 71.9. The van der Waals surface area contributed by atoms with E-state index >= 15 is 0 Å². The molecule has 0 radical (unpaired) electrons. The number of anilines is 3. The van der Waals surface area contributed by atoms with Gasteiger partial charge in [-0.15, -0.1) is 32.9 Å². The smallest absolute Gasteiger partial charge is 0.203 e. The fourth-order valence-electron chi connectivity index (χ4n) is 11.1. The number of rotatable bonds is 7. The molecule has 0 amide bonds. The van der Waals surface area contributed by atoms with Crippen LogP contribution in [0.5, 0.6) is 0 Å². The van der Waals surface area contributed by atoms with E-state index in [0.717, 1.165) is 26.7 Å². The maximum absolute atomic E-state index is 12.6. The number of para-hydroxylation sites is 5. The number of thiazole rings is 1. The number of benzene rings is 12. The lowest BCUT2D eigenvalue weighted by atomic mass is 10.1. The summed E-state index contributed by atoms with van der Waals surface area (Å²) < 4.78 is 40.6.